The molecule has 0 radical (unpaired) electrons. The molecule has 0 atom stereocenters. The number of para-hydroxylation sites is 1. The highest BCUT2D eigenvalue weighted by molar-refractivity contribution is 6.02. The van der Waals surface area contributed by atoms with Gasteiger partial charge in [-0.1, -0.05) is 18.2 Å². The zero-order valence-electron chi connectivity index (χ0n) is 13.1. The van der Waals surface area contributed by atoms with Gasteiger partial charge in [-0.15, -0.1) is 10.2 Å². The summed E-state index contributed by atoms with van der Waals surface area (Å²) >= 11 is 0. The number of carboxylic acids is 1. The standard InChI is InChI=1S/C17H18N4O3/c22-16(18-13-4-2-1-3-5-13)14-6-7-15(20-19-14)21-10-8-12(9-11-21)17(23)24/h1-7,12H,8-11H2,(H,18,22)(H,23,24). The molecule has 1 aliphatic rings. The first-order valence-corrected chi connectivity index (χ1v) is 7.81. The third kappa shape index (κ3) is 3.68. The average Bonchev–Trinajstić information content (AvgIpc) is 2.63. The van der Waals surface area contributed by atoms with E-state index in [0.29, 0.717) is 37.4 Å². The van der Waals surface area contributed by atoms with Gasteiger partial charge in [0, 0.05) is 18.8 Å². The fraction of sp³-hybridized carbons (Fsp3) is 0.294. The number of rotatable bonds is 4. The second-order valence-electron chi connectivity index (χ2n) is 5.70. The van der Waals surface area contributed by atoms with Crippen molar-refractivity contribution in [3.63, 3.8) is 0 Å². The van der Waals surface area contributed by atoms with E-state index >= 15 is 0 Å². The van der Waals surface area contributed by atoms with Crippen molar-refractivity contribution in [3.05, 3.63) is 48.2 Å². The van der Waals surface area contributed by atoms with E-state index in [0.717, 1.165) is 0 Å². The number of benzene rings is 1. The summed E-state index contributed by atoms with van der Waals surface area (Å²) in [7, 11) is 0. The van der Waals surface area contributed by atoms with Crippen molar-refractivity contribution < 1.29 is 14.7 Å². The number of aliphatic carboxylic acids is 1. The lowest BCUT2D eigenvalue weighted by Crippen LogP contribution is -2.37. The number of carbonyl (C=O) groups is 2. The lowest BCUT2D eigenvalue weighted by Gasteiger charge is -2.30. The van der Waals surface area contributed by atoms with Crippen LogP contribution in [0.1, 0.15) is 23.3 Å². The fourth-order valence-corrected chi connectivity index (χ4v) is 2.69. The van der Waals surface area contributed by atoms with E-state index in [1.807, 2.05) is 23.1 Å². The summed E-state index contributed by atoms with van der Waals surface area (Å²) < 4.78 is 0. The molecule has 0 bridgehead atoms. The molecule has 124 valence electrons. The maximum absolute atomic E-state index is 12.1. The summed E-state index contributed by atoms with van der Waals surface area (Å²) in [4.78, 5) is 25.1. The summed E-state index contributed by atoms with van der Waals surface area (Å²) in [6.07, 6.45) is 1.18. The number of anilines is 2. The number of piperidine rings is 1. The van der Waals surface area contributed by atoms with E-state index in [2.05, 4.69) is 15.5 Å². The molecule has 1 fully saturated rings. The summed E-state index contributed by atoms with van der Waals surface area (Å²) in [6, 6.07) is 12.5. The zero-order valence-corrected chi connectivity index (χ0v) is 13.1. The first kappa shape index (κ1) is 15.9. The van der Waals surface area contributed by atoms with Gasteiger partial charge in [0.15, 0.2) is 11.5 Å². The number of aromatic nitrogens is 2. The normalized spacial score (nSPS) is 15.1. The first-order chi connectivity index (χ1) is 11.6. The van der Waals surface area contributed by atoms with Crippen LogP contribution >= 0.6 is 0 Å². The fourth-order valence-electron chi connectivity index (χ4n) is 2.69. The summed E-state index contributed by atoms with van der Waals surface area (Å²) in [5.74, 6) is -0.682. The summed E-state index contributed by atoms with van der Waals surface area (Å²) in [6.45, 7) is 1.25. The maximum atomic E-state index is 12.1. The molecule has 1 aliphatic heterocycles. The SMILES string of the molecule is O=C(Nc1ccccc1)c1ccc(N2CCC(C(=O)O)CC2)nn1. The topological polar surface area (TPSA) is 95.4 Å². The van der Waals surface area contributed by atoms with E-state index < -0.39 is 5.97 Å². The predicted molar refractivity (Wildman–Crippen MR) is 89.0 cm³/mol. The van der Waals surface area contributed by atoms with Crippen molar-refractivity contribution >= 4 is 23.4 Å². The highest BCUT2D eigenvalue weighted by atomic mass is 16.4. The second kappa shape index (κ2) is 7.08. The third-order valence-corrected chi connectivity index (χ3v) is 4.08. The summed E-state index contributed by atoms with van der Waals surface area (Å²) in [5, 5.41) is 19.9. The Balaban J connectivity index is 1.61. The van der Waals surface area contributed by atoms with Gasteiger partial charge in [-0.05, 0) is 37.1 Å². The molecule has 1 saturated heterocycles. The average molecular weight is 326 g/mol. The molecule has 0 spiro atoms. The van der Waals surface area contributed by atoms with E-state index in [9.17, 15) is 9.59 Å². The number of hydrogen-bond acceptors (Lipinski definition) is 5. The Bertz CT molecular complexity index is 710. The Hall–Kier alpha value is -2.96. The van der Waals surface area contributed by atoms with Crippen molar-refractivity contribution in [2.75, 3.05) is 23.3 Å². The highest BCUT2D eigenvalue weighted by Gasteiger charge is 2.25. The Kier molecular flexibility index (Phi) is 4.69. The maximum Gasteiger partial charge on any atom is 0.306 e. The highest BCUT2D eigenvalue weighted by Crippen LogP contribution is 2.21. The molecule has 7 nitrogen and oxygen atoms in total. The van der Waals surface area contributed by atoms with Gasteiger partial charge in [-0.25, -0.2) is 0 Å². The molecule has 1 amide bonds. The van der Waals surface area contributed by atoms with E-state index in [1.165, 1.54) is 0 Å². The van der Waals surface area contributed by atoms with Gasteiger partial charge in [0.25, 0.3) is 5.91 Å². The number of nitrogens with zero attached hydrogens (tertiary/aromatic N) is 3. The Morgan fingerprint density at radius 2 is 1.75 bits per heavy atom. The van der Waals surface area contributed by atoms with Gasteiger partial charge in [0.05, 0.1) is 5.92 Å². The van der Waals surface area contributed by atoms with Crippen LogP contribution in [0.4, 0.5) is 11.5 Å². The van der Waals surface area contributed by atoms with Crippen LogP contribution in [0, 0.1) is 5.92 Å². The molecule has 2 heterocycles. The van der Waals surface area contributed by atoms with Gasteiger partial charge < -0.3 is 15.3 Å². The molecule has 1 aromatic heterocycles. The van der Waals surface area contributed by atoms with Gasteiger partial charge in [-0.3, -0.25) is 9.59 Å². The quantitative estimate of drug-likeness (QED) is 0.892. The van der Waals surface area contributed by atoms with Crippen LogP contribution in [-0.4, -0.2) is 40.3 Å². The number of nitrogens with one attached hydrogen (secondary N) is 1. The van der Waals surface area contributed by atoms with Crippen LogP contribution in [0.5, 0.6) is 0 Å². The van der Waals surface area contributed by atoms with Gasteiger partial charge >= 0.3 is 5.97 Å². The lowest BCUT2D eigenvalue weighted by molar-refractivity contribution is -0.142. The van der Waals surface area contributed by atoms with Gasteiger partial charge in [0.1, 0.15) is 0 Å². The third-order valence-electron chi connectivity index (χ3n) is 4.08. The van der Waals surface area contributed by atoms with Crippen LogP contribution in [0.3, 0.4) is 0 Å². The molecular weight excluding hydrogens is 308 g/mol. The molecule has 2 aromatic rings. The molecule has 0 aliphatic carbocycles. The van der Waals surface area contributed by atoms with Crippen LogP contribution in [0.15, 0.2) is 42.5 Å². The molecule has 1 aromatic carbocycles. The predicted octanol–water partition coefficient (Wildman–Crippen LogP) is 2.03. The van der Waals surface area contributed by atoms with Crippen molar-refractivity contribution in [3.8, 4) is 0 Å². The largest absolute Gasteiger partial charge is 0.481 e. The Morgan fingerprint density at radius 1 is 1.04 bits per heavy atom. The molecular formula is C17H18N4O3. The number of hydrogen-bond donors (Lipinski definition) is 2. The number of amides is 1. The zero-order chi connectivity index (χ0) is 16.9. The van der Waals surface area contributed by atoms with Crippen molar-refractivity contribution in [2.45, 2.75) is 12.8 Å². The molecule has 0 saturated carbocycles. The molecule has 7 heteroatoms. The second-order valence-corrected chi connectivity index (χ2v) is 5.70. The van der Waals surface area contributed by atoms with Crippen molar-refractivity contribution in [1.82, 2.24) is 10.2 Å². The Labute approximate surface area is 139 Å². The lowest BCUT2D eigenvalue weighted by atomic mass is 9.97. The minimum atomic E-state index is -0.742. The minimum Gasteiger partial charge on any atom is -0.481 e. The van der Waals surface area contributed by atoms with Gasteiger partial charge in [0.2, 0.25) is 0 Å². The molecule has 2 N–H and O–H groups in total. The van der Waals surface area contributed by atoms with Gasteiger partial charge in [-0.2, -0.15) is 0 Å². The van der Waals surface area contributed by atoms with Crippen LogP contribution in [0.2, 0.25) is 0 Å². The minimum absolute atomic E-state index is 0.239. The molecule has 24 heavy (non-hydrogen) atoms. The van der Waals surface area contributed by atoms with E-state index in [4.69, 9.17) is 5.11 Å². The number of carbonyl (C=O) groups excluding carboxylic acids is 1. The van der Waals surface area contributed by atoms with Crippen LogP contribution in [-0.2, 0) is 4.79 Å². The Morgan fingerprint density at radius 3 is 2.33 bits per heavy atom. The van der Waals surface area contributed by atoms with Crippen LogP contribution in [0.25, 0.3) is 0 Å². The number of carboxylic acid groups (broad SMARTS) is 1. The van der Waals surface area contributed by atoms with E-state index in [1.54, 1.807) is 24.3 Å². The van der Waals surface area contributed by atoms with Crippen molar-refractivity contribution in [1.29, 1.82) is 0 Å². The van der Waals surface area contributed by atoms with E-state index in [-0.39, 0.29) is 17.5 Å². The van der Waals surface area contributed by atoms with Crippen molar-refractivity contribution in [2.24, 2.45) is 5.92 Å². The van der Waals surface area contributed by atoms with Crippen LogP contribution < -0.4 is 10.2 Å². The monoisotopic (exact) mass is 326 g/mol. The first-order valence-electron chi connectivity index (χ1n) is 7.81. The molecule has 0 unspecified atom stereocenters. The summed E-state index contributed by atoms with van der Waals surface area (Å²) in [5.41, 5.74) is 0.937. The smallest absolute Gasteiger partial charge is 0.306 e. The molecule has 3 rings (SSSR count).